The van der Waals surface area contributed by atoms with Crippen molar-refractivity contribution in [2.75, 3.05) is 23.3 Å². The van der Waals surface area contributed by atoms with Gasteiger partial charge in [-0.15, -0.1) is 0 Å². The molecule has 1 aliphatic rings. The molecule has 7 nitrogen and oxygen atoms in total. The molecule has 3 aromatic carbocycles. The van der Waals surface area contributed by atoms with Gasteiger partial charge in [-0.25, -0.2) is 8.42 Å². The van der Waals surface area contributed by atoms with E-state index in [-0.39, 0.29) is 22.1 Å². The van der Waals surface area contributed by atoms with Crippen molar-refractivity contribution in [1.82, 2.24) is 0 Å². The highest BCUT2D eigenvalue weighted by Gasteiger charge is 2.28. The highest BCUT2D eigenvalue weighted by atomic mass is 32.2. The molecule has 1 amide bonds. The number of anilines is 2. The topological polar surface area (TPSA) is 84.9 Å². The third-order valence-electron chi connectivity index (χ3n) is 5.07. The number of para-hydroxylation sites is 2. The highest BCUT2D eigenvalue weighted by Crippen LogP contribution is 2.39. The molecule has 1 N–H and O–H groups in total. The van der Waals surface area contributed by atoms with Crippen molar-refractivity contribution in [1.29, 1.82) is 0 Å². The van der Waals surface area contributed by atoms with Crippen LogP contribution in [0.3, 0.4) is 0 Å². The predicted octanol–water partition coefficient (Wildman–Crippen LogP) is 4.58. The zero-order valence-corrected chi connectivity index (χ0v) is 18.2. The Hall–Kier alpha value is -3.52. The lowest BCUT2D eigenvalue weighted by Gasteiger charge is -2.20. The molecule has 0 spiro atoms. The van der Waals surface area contributed by atoms with E-state index in [1.807, 2.05) is 25.1 Å². The van der Waals surface area contributed by atoms with Crippen LogP contribution in [0.25, 0.3) is 0 Å². The molecular weight excluding hydrogens is 416 g/mol. The van der Waals surface area contributed by atoms with E-state index in [4.69, 9.17) is 9.47 Å². The number of benzene rings is 3. The number of hydrogen-bond acceptors (Lipinski definition) is 5. The molecule has 4 rings (SSSR count). The molecule has 1 heterocycles. The van der Waals surface area contributed by atoms with Crippen molar-refractivity contribution < 1.29 is 22.7 Å². The van der Waals surface area contributed by atoms with Gasteiger partial charge in [0.2, 0.25) is 0 Å². The van der Waals surface area contributed by atoms with E-state index in [0.29, 0.717) is 35.0 Å². The van der Waals surface area contributed by atoms with Crippen molar-refractivity contribution in [2.45, 2.75) is 18.7 Å². The van der Waals surface area contributed by atoms with E-state index in [9.17, 15) is 13.2 Å². The minimum absolute atomic E-state index is 0.133. The maximum atomic E-state index is 13.2. The van der Waals surface area contributed by atoms with Gasteiger partial charge in [-0.3, -0.25) is 9.52 Å². The van der Waals surface area contributed by atoms with Crippen LogP contribution in [0.4, 0.5) is 11.4 Å². The lowest BCUT2D eigenvalue weighted by atomic mass is 10.1. The Morgan fingerprint density at radius 2 is 1.81 bits per heavy atom. The first-order valence-electron chi connectivity index (χ1n) is 9.74. The number of amides is 1. The van der Waals surface area contributed by atoms with Crippen molar-refractivity contribution in [2.24, 2.45) is 0 Å². The van der Waals surface area contributed by atoms with Gasteiger partial charge in [0.05, 0.1) is 23.3 Å². The Morgan fingerprint density at radius 1 is 1.03 bits per heavy atom. The fourth-order valence-corrected chi connectivity index (χ4v) is 4.84. The lowest BCUT2D eigenvalue weighted by Crippen LogP contribution is -2.29. The monoisotopic (exact) mass is 438 g/mol. The SMILES string of the molecule is CCN1C(=O)c2cc(NS(=O)(=O)c3ccc(OC)cc3C)ccc2Oc2ccccc21. The van der Waals surface area contributed by atoms with Crippen LogP contribution in [0, 0.1) is 6.92 Å². The Labute approximate surface area is 181 Å². The molecule has 0 saturated heterocycles. The number of nitrogens with zero attached hydrogens (tertiary/aromatic N) is 1. The third kappa shape index (κ3) is 3.82. The van der Waals surface area contributed by atoms with Crippen molar-refractivity contribution >= 4 is 27.3 Å². The van der Waals surface area contributed by atoms with E-state index in [2.05, 4.69) is 4.72 Å². The maximum absolute atomic E-state index is 13.2. The van der Waals surface area contributed by atoms with Gasteiger partial charge in [-0.05, 0) is 67.9 Å². The van der Waals surface area contributed by atoms with Gasteiger partial charge in [0, 0.05) is 12.2 Å². The molecule has 0 atom stereocenters. The minimum Gasteiger partial charge on any atom is -0.497 e. The molecule has 31 heavy (non-hydrogen) atoms. The summed E-state index contributed by atoms with van der Waals surface area (Å²) in [6.07, 6.45) is 0. The Kier molecular flexibility index (Phi) is 5.32. The minimum atomic E-state index is -3.87. The first-order valence-corrected chi connectivity index (χ1v) is 11.2. The van der Waals surface area contributed by atoms with Gasteiger partial charge in [0.1, 0.15) is 11.5 Å². The molecule has 3 aromatic rings. The first-order chi connectivity index (χ1) is 14.8. The molecule has 0 unspecified atom stereocenters. The fraction of sp³-hybridized carbons (Fsp3) is 0.174. The second-order valence-electron chi connectivity index (χ2n) is 7.07. The van der Waals surface area contributed by atoms with Gasteiger partial charge in [-0.2, -0.15) is 0 Å². The normalized spacial score (nSPS) is 13.0. The smallest absolute Gasteiger partial charge is 0.262 e. The Bertz CT molecular complexity index is 1270. The standard InChI is InChI=1S/C23H22N2O5S/c1-4-25-19-7-5-6-8-21(19)30-20-11-9-16(14-18(20)23(25)26)24-31(27,28)22-12-10-17(29-3)13-15(22)2/h5-14,24H,4H2,1-3H3. The molecule has 0 fully saturated rings. The Balaban J connectivity index is 1.71. The van der Waals surface area contributed by atoms with Crippen molar-refractivity contribution in [3.8, 4) is 17.2 Å². The van der Waals surface area contributed by atoms with Crippen LogP contribution in [0.15, 0.2) is 65.6 Å². The van der Waals surface area contributed by atoms with Crippen molar-refractivity contribution in [3.05, 3.63) is 71.8 Å². The van der Waals surface area contributed by atoms with E-state index in [1.165, 1.54) is 19.2 Å². The number of fused-ring (bicyclic) bond motifs is 2. The van der Waals surface area contributed by atoms with Crippen molar-refractivity contribution in [3.63, 3.8) is 0 Å². The fourth-order valence-electron chi connectivity index (χ4n) is 3.56. The van der Waals surface area contributed by atoms with E-state index >= 15 is 0 Å². The molecule has 0 radical (unpaired) electrons. The van der Waals surface area contributed by atoms with Crippen LogP contribution in [-0.2, 0) is 10.0 Å². The molecule has 0 aliphatic carbocycles. The Morgan fingerprint density at radius 3 is 2.52 bits per heavy atom. The zero-order chi connectivity index (χ0) is 22.2. The summed E-state index contributed by atoms with van der Waals surface area (Å²) in [5.74, 6) is 1.25. The molecular formula is C23H22N2O5S. The maximum Gasteiger partial charge on any atom is 0.262 e. The molecule has 1 aliphatic heterocycles. The highest BCUT2D eigenvalue weighted by molar-refractivity contribution is 7.92. The summed E-state index contributed by atoms with van der Waals surface area (Å²) in [4.78, 5) is 14.9. The number of rotatable bonds is 5. The van der Waals surface area contributed by atoms with Crippen LogP contribution in [0.5, 0.6) is 17.2 Å². The largest absolute Gasteiger partial charge is 0.497 e. The van der Waals surface area contributed by atoms with Crippen LogP contribution in [-0.4, -0.2) is 28.0 Å². The number of sulfonamides is 1. The average Bonchev–Trinajstić information content (AvgIpc) is 2.86. The summed E-state index contributed by atoms with van der Waals surface area (Å²) in [7, 11) is -2.34. The molecule has 0 saturated carbocycles. The van der Waals surface area contributed by atoms with Gasteiger partial charge < -0.3 is 14.4 Å². The summed E-state index contributed by atoms with van der Waals surface area (Å²) < 4.78 is 39.6. The van der Waals surface area contributed by atoms with Crippen LogP contribution in [0.2, 0.25) is 0 Å². The van der Waals surface area contributed by atoms with E-state index < -0.39 is 10.0 Å². The summed E-state index contributed by atoms with van der Waals surface area (Å²) in [5.41, 5.74) is 1.77. The van der Waals surface area contributed by atoms with Gasteiger partial charge in [0.15, 0.2) is 5.75 Å². The number of methoxy groups -OCH3 is 1. The van der Waals surface area contributed by atoms with Crippen LogP contribution >= 0.6 is 0 Å². The lowest BCUT2D eigenvalue weighted by molar-refractivity contribution is 0.0988. The number of nitrogens with one attached hydrogen (secondary N) is 1. The predicted molar refractivity (Wildman–Crippen MR) is 119 cm³/mol. The van der Waals surface area contributed by atoms with Gasteiger partial charge >= 0.3 is 0 Å². The van der Waals surface area contributed by atoms with E-state index in [1.54, 1.807) is 42.2 Å². The third-order valence-corrected chi connectivity index (χ3v) is 6.61. The summed E-state index contributed by atoms with van der Waals surface area (Å²) in [6.45, 7) is 4.01. The number of ether oxygens (including phenoxy) is 2. The molecule has 0 aromatic heterocycles. The average molecular weight is 439 g/mol. The number of hydrogen-bond donors (Lipinski definition) is 1. The molecule has 0 bridgehead atoms. The number of carbonyl (C=O) groups excluding carboxylic acids is 1. The molecule has 8 heteroatoms. The summed E-state index contributed by atoms with van der Waals surface area (Å²) >= 11 is 0. The first kappa shape index (κ1) is 20.7. The number of carbonyl (C=O) groups is 1. The van der Waals surface area contributed by atoms with E-state index in [0.717, 1.165) is 0 Å². The summed E-state index contributed by atoms with van der Waals surface area (Å²) in [6, 6.07) is 16.7. The van der Waals surface area contributed by atoms with Gasteiger partial charge in [-0.1, -0.05) is 12.1 Å². The quantitative estimate of drug-likeness (QED) is 0.630. The van der Waals surface area contributed by atoms with Crippen LogP contribution < -0.4 is 19.1 Å². The number of aryl methyl sites for hydroxylation is 1. The molecule has 160 valence electrons. The summed E-state index contributed by atoms with van der Waals surface area (Å²) in [5, 5.41) is 0. The van der Waals surface area contributed by atoms with Gasteiger partial charge in [0.25, 0.3) is 15.9 Å². The second kappa shape index (κ2) is 7.96. The zero-order valence-electron chi connectivity index (χ0n) is 17.4. The second-order valence-corrected chi connectivity index (χ2v) is 8.72. The van der Waals surface area contributed by atoms with Crippen LogP contribution in [0.1, 0.15) is 22.8 Å².